The van der Waals surface area contributed by atoms with E-state index in [4.69, 9.17) is 9.47 Å². The normalized spacial score (nSPS) is 11.0. The second-order valence-electron chi connectivity index (χ2n) is 9.71. The predicted molar refractivity (Wildman–Crippen MR) is 161 cm³/mol. The van der Waals surface area contributed by atoms with Crippen molar-refractivity contribution in [2.24, 2.45) is 7.05 Å². The van der Waals surface area contributed by atoms with E-state index in [0.29, 0.717) is 39.3 Å². The summed E-state index contributed by atoms with van der Waals surface area (Å²) in [7, 11) is 8.56. The van der Waals surface area contributed by atoms with Crippen molar-refractivity contribution >= 4 is 28.0 Å². The molecule has 0 aliphatic rings. The van der Waals surface area contributed by atoms with Gasteiger partial charge in [-0.05, 0) is 59.5 Å². The lowest BCUT2D eigenvalue weighted by molar-refractivity contribution is 0.282. The van der Waals surface area contributed by atoms with Crippen molar-refractivity contribution < 1.29 is 14.6 Å². The minimum Gasteiger partial charge on any atom is -0.491 e. The highest BCUT2D eigenvalue weighted by Gasteiger charge is 2.16. The molecule has 3 aromatic heterocycles. The maximum absolute atomic E-state index is 13.6. The van der Waals surface area contributed by atoms with E-state index in [-0.39, 0.29) is 29.3 Å². The number of anilines is 3. The number of hydrogen-bond donors (Lipinski definition) is 2. The Morgan fingerprint density at radius 3 is 2.49 bits per heavy atom. The first-order chi connectivity index (χ1) is 19.7. The number of ether oxygens (including phenoxy) is 2. The van der Waals surface area contributed by atoms with Crippen LogP contribution in [-0.4, -0.2) is 47.5 Å². The molecule has 10 nitrogen and oxygen atoms in total. The summed E-state index contributed by atoms with van der Waals surface area (Å²) in [6, 6.07) is 18.1. The number of aliphatic hydroxyl groups is 1. The lowest BCUT2D eigenvalue weighted by Crippen LogP contribution is -2.21. The summed E-state index contributed by atoms with van der Waals surface area (Å²) in [5.74, 6) is 1.14. The molecule has 0 aliphatic heterocycles. The Balaban J connectivity index is 1.60. The van der Waals surface area contributed by atoms with Gasteiger partial charge in [0.1, 0.15) is 11.5 Å². The van der Waals surface area contributed by atoms with Crippen molar-refractivity contribution in [1.82, 2.24) is 14.1 Å². The molecule has 10 heteroatoms. The van der Waals surface area contributed by atoms with Crippen LogP contribution in [0.25, 0.3) is 27.6 Å². The Labute approximate surface area is 236 Å². The molecule has 5 aromatic rings. The Kier molecular flexibility index (Phi) is 7.50. The highest BCUT2D eigenvalue weighted by Crippen LogP contribution is 2.31. The number of benzene rings is 2. The predicted octanol–water partition coefficient (Wildman–Crippen LogP) is 4.07. The Morgan fingerprint density at radius 1 is 0.976 bits per heavy atom. The van der Waals surface area contributed by atoms with Crippen molar-refractivity contribution in [2.75, 3.05) is 38.5 Å². The van der Waals surface area contributed by atoms with Gasteiger partial charge in [-0.15, -0.1) is 0 Å². The molecule has 2 N–H and O–H groups in total. The summed E-state index contributed by atoms with van der Waals surface area (Å²) in [4.78, 5) is 33.0. The maximum atomic E-state index is 13.6. The first-order valence-corrected chi connectivity index (χ1v) is 12.9. The van der Waals surface area contributed by atoms with Gasteiger partial charge in [-0.1, -0.05) is 12.1 Å². The standard InChI is InChI=1S/C31H31N5O5/c1-34(2)21-9-10-23-19(15-21)13-14-36(30(23)38)26-8-6-7-22(24(26)18-37)20-16-25(31(39)35(3)17-20)32-28-12-11-27(40-4)29(33-28)41-5/h6-17,37H,18H2,1-5H3,(H,32,33). The smallest absolute Gasteiger partial charge is 0.274 e. The van der Waals surface area contributed by atoms with Gasteiger partial charge < -0.3 is 29.4 Å². The molecule has 0 aliphatic carbocycles. The fourth-order valence-corrected chi connectivity index (χ4v) is 4.83. The molecule has 0 radical (unpaired) electrons. The fraction of sp³-hybridized carbons (Fsp3) is 0.194. The van der Waals surface area contributed by atoms with E-state index < -0.39 is 0 Å². The highest BCUT2D eigenvalue weighted by molar-refractivity contribution is 5.85. The first kappa shape index (κ1) is 27.5. The van der Waals surface area contributed by atoms with Crippen LogP contribution >= 0.6 is 0 Å². The summed E-state index contributed by atoms with van der Waals surface area (Å²) in [5, 5.41) is 15.0. The molecule has 210 valence electrons. The second-order valence-corrected chi connectivity index (χ2v) is 9.71. The molecule has 0 amide bonds. The first-order valence-electron chi connectivity index (χ1n) is 12.9. The number of aromatic nitrogens is 3. The molecule has 0 saturated carbocycles. The SMILES string of the molecule is COc1ccc(Nc2cc(-c3cccc(-n4ccc5cc(N(C)C)ccc5c4=O)c3CO)cn(C)c2=O)nc1OC. The average Bonchev–Trinajstić information content (AvgIpc) is 2.98. The second kappa shape index (κ2) is 11.2. The number of methoxy groups -OCH3 is 2. The molecule has 41 heavy (non-hydrogen) atoms. The van der Waals surface area contributed by atoms with Crippen LogP contribution in [0.1, 0.15) is 5.56 Å². The van der Waals surface area contributed by atoms with Crippen LogP contribution < -0.4 is 30.8 Å². The number of aliphatic hydroxyl groups excluding tert-OH is 1. The van der Waals surface area contributed by atoms with E-state index >= 15 is 0 Å². The summed E-state index contributed by atoms with van der Waals surface area (Å²) < 4.78 is 13.5. The third kappa shape index (κ3) is 5.12. The van der Waals surface area contributed by atoms with E-state index in [1.807, 2.05) is 55.4 Å². The molecule has 3 heterocycles. The highest BCUT2D eigenvalue weighted by atomic mass is 16.5. The number of nitrogens with one attached hydrogen (secondary N) is 1. The molecule has 0 unspecified atom stereocenters. The Bertz CT molecular complexity index is 1880. The van der Waals surface area contributed by atoms with Crippen molar-refractivity contribution in [2.45, 2.75) is 6.61 Å². The number of hydrogen-bond acceptors (Lipinski definition) is 8. The van der Waals surface area contributed by atoms with Crippen molar-refractivity contribution in [1.29, 1.82) is 0 Å². The largest absolute Gasteiger partial charge is 0.491 e. The van der Waals surface area contributed by atoms with Crippen molar-refractivity contribution in [3.8, 4) is 28.4 Å². The van der Waals surface area contributed by atoms with Crippen LogP contribution in [0.3, 0.4) is 0 Å². The maximum Gasteiger partial charge on any atom is 0.274 e. The van der Waals surface area contributed by atoms with Crippen LogP contribution in [0.2, 0.25) is 0 Å². The summed E-state index contributed by atoms with van der Waals surface area (Å²) in [6.45, 7) is -0.321. The van der Waals surface area contributed by atoms with Gasteiger partial charge in [0.05, 0.1) is 26.5 Å². The molecule has 0 spiro atoms. The van der Waals surface area contributed by atoms with Crippen LogP contribution in [0.5, 0.6) is 11.6 Å². The topological polar surface area (TPSA) is 111 Å². The van der Waals surface area contributed by atoms with Crippen LogP contribution in [0.15, 0.2) is 82.6 Å². The summed E-state index contributed by atoms with van der Waals surface area (Å²) >= 11 is 0. The quantitative estimate of drug-likeness (QED) is 0.296. The molecule has 0 saturated heterocycles. The molecule has 0 atom stereocenters. The van der Waals surface area contributed by atoms with Gasteiger partial charge in [-0.3, -0.25) is 14.2 Å². The van der Waals surface area contributed by atoms with Crippen LogP contribution in [0.4, 0.5) is 17.2 Å². The number of aryl methyl sites for hydroxylation is 1. The van der Waals surface area contributed by atoms with Crippen molar-refractivity contribution in [3.05, 3.63) is 99.3 Å². The van der Waals surface area contributed by atoms with Gasteiger partial charge in [-0.25, -0.2) is 0 Å². The molecule has 0 fully saturated rings. The van der Waals surface area contributed by atoms with Gasteiger partial charge in [0.15, 0.2) is 5.75 Å². The van der Waals surface area contributed by atoms with Crippen LogP contribution in [0, 0.1) is 0 Å². The number of rotatable bonds is 8. The van der Waals surface area contributed by atoms with E-state index in [0.717, 1.165) is 11.1 Å². The molecule has 2 aromatic carbocycles. The Hall–Kier alpha value is -5.09. The van der Waals surface area contributed by atoms with E-state index in [1.54, 1.807) is 48.3 Å². The van der Waals surface area contributed by atoms with E-state index in [1.165, 1.54) is 18.8 Å². The van der Waals surface area contributed by atoms with Gasteiger partial charge in [-0.2, -0.15) is 4.98 Å². The lowest BCUT2D eigenvalue weighted by atomic mass is 9.99. The third-order valence-corrected chi connectivity index (χ3v) is 6.97. The summed E-state index contributed by atoms with van der Waals surface area (Å²) in [6.07, 6.45) is 3.42. The number of fused-ring (bicyclic) bond motifs is 1. The minimum absolute atomic E-state index is 0.193. The van der Waals surface area contributed by atoms with Gasteiger partial charge in [0.2, 0.25) is 0 Å². The zero-order valence-electron chi connectivity index (χ0n) is 23.5. The molecule has 0 bridgehead atoms. The molecular weight excluding hydrogens is 522 g/mol. The number of nitrogens with zero attached hydrogens (tertiary/aromatic N) is 4. The van der Waals surface area contributed by atoms with Crippen molar-refractivity contribution in [3.63, 3.8) is 0 Å². The zero-order chi connectivity index (χ0) is 29.3. The Morgan fingerprint density at radius 2 is 1.78 bits per heavy atom. The minimum atomic E-state index is -0.321. The lowest BCUT2D eigenvalue weighted by Gasteiger charge is -2.18. The van der Waals surface area contributed by atoms with E-state index in [9.17, 15) is 14.7 Å². The zero-order valence-corrected chi connectivity index (χ0v) is 23.5. The summed E-state index contributed by atoms with van der Waals surface area (Å²) in [5.41, 5.74) is 3.26. The van der Waals surface area contributed by atoms with Gasteiger partial charge in [0.25, 0.3) is 17.0 Å². The number of pyridine rings is 3. The molecular formula is C31H31N5O5. The average molecular weight is 554 g/mol. The fourth-order valence-electron chi connectivity index (χ4n) is 4.83. The van der Waals surface area contributed by atoms with Gasteiger partial charge >= 0.3 is 0 Å². The van der Waals surface area contributed by atoms with Gasteiger partial charge in [0, 0.05) is 55.7 Å². The molecule has 5 rings (SSSR count). The third-order valence-electron chi connectivity index (χ3n) is 6.97. The van der Waals surface area contributed by atoms with Crippen LogP contribution in [-0.2, 0) is 13.7 Å². The van der Waals surface area contributed by atoms with E-state index in [2.05, 4.69) is 10.3 Å². The monoisotopic (exact) mass is 553 g/mol.